The van der Waals surface area contributed by atoms with Gasteiger partial charge in [0.1, 0.15) is 0 Å². The highest BCUT2D eigenvalue weighted by Crippen LogP contribution is 2.26. The van der Waals surface area contributed by atoms with E-state index in [4.69, 9.17) is 0 Å². The van der Waals surface area contributed by atoms with Crippen molar-refractivity contribution in [3.63, 3.8) is 0 Å². The van der Waals surface area contributed by atoms with Crippen LogP contribution in [-0.4, -0.2) is 29.5 Å². The van der Waals surface area contributed by atoms with Gasteiger partial charge in [0, 0.05) is 0 Å². The number of halogens is 1. The van der Waals surface area contributed by atoms with Crippen LogP contribution in [-0.2, 0) is 0 Å². The summed E-state index contributed by atoms with van der Waals surface area (Å²) < 4.78 is 0. The maximum absolute atomic E-state index is 2.58. The minimum absolute atomic E-state index is 1.11. The molecular formula is C8H16IN. The molecule has 60 valence electrons. The monoisotopic (exact) mass is 253 g/mol. The van der Waals surface area contributed by atoms with E-state index in [9.17, 15) is 0 Å². The number of rotatable bonds is 0. The lowest BCUT2D eigenvalue weighted by molar-refractivity contribution is 0.111. The molecule has 10 heavy (non-hydrogen) atoms. The molecular weight excluding hydrogens is 237 g/mol. The number of alkyl halides is 1. The van der Waals surface area contributed by atoms with Crippen LogP contribution in [0.4, 0.5) is 0 Å². The zero-order valence-electron chi connectivity index (χ0n) is 6.65. The summed E-state index contributed by atoms with van der Waals surface area (Å²) in [5.74, 6) is 1.11. The number of fused-ring (bicyclic) bond motifs is 3. The first-order chi connectivity index (χ1) is 4.95. The molecule has 2 bridgehead atoms. The number of hydrogen-bond acceptors (Lipinski definition) is 1. The van der Waals surface area contributed by atoms with E-state index in [1.165, 1.54) is 38.9 Å². The lowest BCUT2D eigenvalue weighted by atomic mass is 9.89. The molecule has 0 aromatic heterocycles. The Kier molecular flexibility index (Phi) is 3.99. The van der Waals surface area contributed by atoms with Crippen molar-refractivity contribution in [3.8, 4) is 0 Å². The third kappa shape index (κ3) is 2.09. The fraction of sp³-hybridized carbons (Fsp3) is 1.00. The predicted molar refractivity (Wildman–Crippen MR) is 53.7 cm³/mol. The van der Waals surface area contributed by atoms with Crippen molar-refractivity contribution < 1.29 is 0 Å². The van der Waals surface area contributed by atoms with Crippen molar-refractivity contribution in [1.29, 1.82) is 0 Å². The minimum Gasteiger partial charge on any atom is -0.303 e. The Labute approximate surface area is 77.3 Å². The highest BCUT2D eigenvalue weighted by molar-refractivity contribution is 14.1. The normalized spacial score (nSPS) is 36.6. The molecule has 0 aromatic carbocycles. The SMILES string of the molecule is C1CN2CCC1CC2.CI. The Morgan fingerprint density at radius 1 is 1.00 bits per heavy atom. The standard InChI is InChI=1S/C7H13N.CH3I/c1-4-8-5-2-7(1)3-6-8;1-2/h7H,1-6H2;1H3. The first-order valence-corrected chi connectivity index (χ1v) is 6.21. The Hall–Kier alpha value is 0.690. The second kappa shape index (κ2) is 4.54. The summed E-state index contributed by atoms with van der Waals surface area (Å²) in [6.07, 6.45) is 4.46. The van der Waals surface area contributed by atoms with Crippen LogP contribution in [0, 0.1) is 5.92 Å². The Balaban J connectivity index is 0.000000231. The van der Waals surface area contributed by atoms with Crippen LogP contribution in [0.15, 0.2) is 0 Å². The number of hydrogen-bond donors (Lipinski definition) is 0. The average Bonchev–Trinajstić information content (AvgIpc) is 2.11. The Morgan fingerprint density at radius 2 is 1.40 bits per heavy atom. The molecule has 0 amide bonds. The van der Waals surface area contributed by atoms with Crippen molar-refractivity contribution in [2.24, 2.45) is 5.92 Å². The molecule has 0 atom stereocenters. The van der Waals surface area contributed by atoms with Gasteiger partial charge in [-0.2, -0.15) is 0 Å². The molecule has 3 saturated heterocycles. The van der Waals surface area contributed by atoms with Gasteiger partial charge in [-0.3, -0.25) is 0 Å². The topological polar surface area (TPSA) is 3.24 Å². The molecule has 1 nitrogen and oxygen atoms in total. The largest absolute Gasteiger partial charge is 0.303 e. The molecule has 0 aromatic rings. The minimum atomic E-state index is 1.11. The van der Waals surface area contributed by atoms with E-state index in [0.29, 0.717) is 0 Å². The van der Waals surface area contributed by atoms with Gasteiger partial charge in [-0.25, -0.2) is 0 Å². The molecule has 3 aliphatic rings. The summed E-state index contributed by atoms with van der Waals surface area (Å²) in [7, 11) is 0. The second-order valence-electron chi connectivity index (χ2n) is 3.07. The molecule has 0 radical (unpaired) electrons. The first-order valence-electron chi connectivity index (χ1n) is 4.05. The molecule has 3 heterocycles. The van der Waals surface area contributed by atoms with Crippen LogP contribution in [0.3, 0.4) is 0 Å². The van der Waals surface area contributed by atoms with Crippen molar-refractivity contribution in [1.82, 2.24) is 4.90 Å². The maximum atomic E-state index is 2.58. The van der Waals surface area contributed by atoms with Gasteiger partial charge in [-0.1, -0.05) is 22.6 Å². The summed E-state index contributed by atoms with van der Waals surface area (Å²) in [5, 5.41) is 0. The highest BCUT2D eigenvalue weighted by atomic mass is 127. The van der Waals surface area contributed by atoms with E-state index >= 15 is 0 Å². The van der Waals surface area contributed by atoms with Crippen LogP contribution >= 0.6 is 22.6 Å². The molecule has 2 heteroatoms. The van der Waals surface area contributed by atoms with E-state index in [-0.39, 0.29) is 0 Å². The van der Waals surface area contributed by atoms with Gasteiger partial charge in [0.2, 0.25) is 0 Å². The lowest BCUT2D eigenvalue weighted by Crippen LogP contribution is -2.41. The third-order valence-corrected chi connectivity index (χ3v) is 2.56. The first kappa shape index (κ1) is 8.78. The van der Waals surface area contributed by atoms with Gasteiger partial charge in [-0.05, 0) is 49.7 Å². The van der Waals surface area contributed by atoms with E-state index < -0.39 is 0 Å². The highest BCUT2D eigenvalue weighted by Gasteiger charge is 2.24. The maximum Gasteiger partial charge on any atom is -0.00161 e. The molecule has 0 spiro atoms. The van der Waals surface area contributed by atoms with Crippen LogP contribution in [0.2, 0.25) is 0 Å². The molecule has 0 aliphatic carbocycles. The van der Waals surface area contributed by atoms with Crippen molar-refractivity contribution >= 4 is 22.6 Å². The zero-order valence-corrected chi connectivity index (χ0v) is 8.80. The molecule has 3 fully saturated rings. The molecule has 3 rings (SSSR count). The van der Waals surface area contributed by atoms with Gasteiger partial charge in [0.15, 0.2) is 0 Å². The van der Waals surface area contributed by atoms with Crippen molar-refractivity contribution in [2.75, 3.05) is 24.6 Å². The van der Waals surface area contributed by atoms with Crippen molar-refractivity contribution in [3.05, 3.63) is 0 Å². The molecule has 0 N–H and O–H groups in total. The summed E-state index contributed by atoms with van der Waals surface area (Å²) in [6, 6.07) is 0. The van der Waals surface area contributed by atoms with Gasteiger partial charge in [0.05, 0.1) is 0 Å². The average molecular weight is 253 g/mol. The van der Waals surface area contributed by atoms with Gasteiger partial charge in [0.25, 0.3) is 0 Å². The predicted octanol–water partition coefficient (Wildman–Crippen LogP) is 2.15. The summed E-state index contributed by atoms with van der Waals surface area (Å²) in [4.78, 5) is 4.55. The molecule has 0 unspecified atom stereocenters. The van der Waals surface area contributed by atoms with Crippen LogP contribution in [0.5, 0.6) is 0 Å². The quantitative estimate of drug-likeness (QED) is 0.472. The van der Waals surface area contributed by atoms with Gasteiger partial charge < -0.3 is 4.90 Å². The van der Waals surface area contributed by atoms with Gasteiger partial charge in [-0.15, -0.1) is 0 Å². The fourth-order valence-corrected chi connectivity index (χ4v) is 1.86. The van der Waals surface area contributed by atoms with E-state index in [1.807, 2.05) is 4.93 Å². The van der Waals surface area contributed by atoms with E-state index in [1.54, 1.807) is 0 Å². The molecule has 0 saturated carbocycles. The Morgan fingerprint density at radius 3 is 1.50 bits per heavy atom. The van der Waals surface area contributed by atoms with E-state index in [2.05, 4.69) is 27.5 Å². The summed E-state index contributed by atoms with van der Waals surface area (Å²) >= 11 is 2.15. The number of piperidine rings is 3. The molecule has 3 aliphatic heterocycles. The number of nitrogens with zero attached hydrogens (tertiary/aromatic N) is 1. The summed E-state index contributed by atoms with van der Waals surface area (Å²) in [5.41, 5.74) is 0. The van der Waals surface area contributed by atoms with E-state index in [0.717, 1.165) is 5.92 Å². The lowest BCUT2D eigenvalue weighted by Gasteiger charge is -2.38. The van der Waals surface area contributed by atoms with Crippen molar-refractivity contribution in [2.45, 2.75) is 19.3 Å². The summed E-state index contributed by atoms with van der Waals surface area (Å²) in [6.45, 7) is 4.18. The van der Waals surface area contributed by atoms with Crippen LogP contribution < -0.4 is 0 Å². The van der Waals surface area contributed by atoms with Crippen LogP contribution in [0.25, 0.3) is 0 Å². The third-order valence-electron chi connectivity index (χ3n) is 2.56. The Bertz CT molecular complexity index is 64.2. The second-order valence-corrected chi connectivity index (χ2v) is 3.07. The zero-order chi connectivity index (χ0) is 7.40. The van der Waals surface area contributed by atoms with Gasteiger partial charge >= 0.3 is 0 Å². The smallest absolute Gasteiger partial charge is 0.00161 e. The van der Waals surface area contributed by atoms with Crippen LogP contribution in [0.1, 0.15) is 19.3 Å². The fourth-order valence-electron chi connectivity index (χ4n) is 1.86.